The van der Waals surface area contributed by atoms with E-state index in [1.807, 2.05) is 0 Å². The Bertz CT molecular complexity index is 522. The molecule has 0 aliphatic heterocycles. The van der Waals surface area contributed by atoms with Crippen LogP contribution in [0.2, 0.25) is 0 Å². The molecule has 0 bridgehead atoms. The summed E-state index contributed by atoms with van der Waals surface area (Å²) in [7, 11) is 0. The van der Waals surface area contributed by atoms with Gasteiger partial charge < -0.3 is 0 Å². The molecule has 0 radical (unpaired) electrons. The van der Waals surface area contributed by atoms with Gasteiger partial charge >= 0.3 is 150 Å². The Labute approximate surface area is 149 Å². The van der Waals surface area contributed by atoms with Gasteiger partial charge in [-0.1, -0.05) is 0 Å². The van der Waals surface area contributed by atoms with Gasteiger partial charge in [0.25, 0.3) is 0 Å². The van der Waals surface area contributed by atoms with Gasteiger partial charge in [-0.2, -0.15) is 0 Å². The molecule has 0 aromatic heterocycles. The van der Waals surface area contributed by atoms with Crippen molar-refractivity contribution in [1.82, 2.24) is 0 Å². The molecule has 1 nitrogen and oxygen atoms in total. The van der Waals surface area contributed by atoms with Crippen LogP contribution in [-0.2, 0) is 10.8 Å². The Morgan fingerprint density at radius 3 is 2.18 bits per heavy atom. The average molecular weight is 432 g/mol. The van der Waals surface area contributed by atoms with E-state index in [2.05, 4.69) is 60.9 Å². The van der Waals surface area contributed by atoms with Crippen LogP contribution in [-0.4, -0.2) is 19.8 Å². The number of benzene rings is 1. The first kappa shape index (κ1) is 18.4. The van der Waals surface area contributed by atoms with Crippen molar-refractivity contribution in [3.8, 4) is 5.75 Å². The van der Waals surface area contributed by atoms with Crippen LogP contribution in [0, 0.1) is 0 Å². The van der Waals surface area contributed by atoms with Crippen LogP contribution < -0.4 is 9.20 Å². The van der Waals surface area contributed by atoms with Gasteiger partial charge in [-0.15, -0.1) is 0 Å². The fraction of sp³-hybridized carbons (Fsp3) is 0.684. The van der Waals surface area contributed by atoms with Crippen LogP contribution in [0.15, 0.2) is 12.1 Å². The third-order valence-electron chi connectivity index (χ3n) is 5.01. The number of fused-ring (bicyclic) bond motifs is 1. The van der Waals surface area contributed by atoms with Gasteiger partial charge in [0.05, 0.1) is 0 Å². The number of ether oxygens (including phenoxy) is 1. The minimum absolute atomic E-state index is 0.254. The van der Waals surface area contributed by atoms with Crippen molar-refractivity contribution in [2.45, 2.75) is 77.6 Å². The fourth-order valence-electron chi connectivity index (χ4n) is 3.28. The van der Waals surface area contributed by atoms with Crippen molar-refractivity contribution in [2.24, 2.45) is 0 Å². The number of halogens is 1. The van der Waals surface area contributed by atoms with Gasteiger partial charge in [-0.3, -0.25) is 0 Å². The zero-order chi connectivity index (χ0) is 16.4. The van der Waals surface area contributed by atoms with E-state index in [9.17, 15) is 0 Å². The molecule has 0 saturated heterocycles. The second kappa shape index (κ2) is 7.28. The molecular formula is C19H29BrOSe. The van der Waals surface area contributed by atoms with Crippen molar-refractivity contribution in [1.29, 1.82) is 0 Å². The molecule has 1 aromatic carbocycles. The van der Waals surface area contributed by atoms with Gasteiger partial charge in [0.15, 0.2) is 0 Å². The molecule has 3 heteroatoms. The van der Waals surface area contributed by atoms with Gasteiger partial charge in [-0.25, -0.2) is 0 Å². The summed E-state index contributed by atoms with van der Waals surface area (Å²) in [4.78, 5) is 0. The number of hydrogen-bond acceptors (Lipinski definition) is 1. The maximum atomic E-state index is 6.14. The van der Waals surface area contributed by atoms with Crippen LogP contribution in [0.1, 0.15) is 77.8 Å². The normalized spacial score (nSPS) is 18.8. The van der Waals surface area contributed by atoms with Crippen LogP contribution in [0.4, 0.5) is 0 Å². The molecule has 1 aromatic rings. The summed E-state index contributed by atoms with van der Waals surface area (Å²) < 4.78 is 7.50. The standard InChI is InChI=1S/C19H29BrOSe/c1-6-7-8-11-21-16-12-14-15(13-17(16)22-20)19(4,5)10-9-18(14,2)3/h12-13H,6-11H2,1-5H3. The quantitative estimate of drug-likeness (QED) is 0.441. The summed E-state index contributed by atoms with van der Waals surface area (Å²) in [5.74, 6) is 1.11. The Balaban J connectivity index is 2.36. The van der Waals surface area contributed by atoms with Gasteiger partial charge in [0.1, 0.15) is 0 Å². The first-order chi connectivity index (χ1) is 10.3. The molecular weight excluding hydrogens is 403 g/mol. The van der Waals surface area contributed by atoms with E-state index >= 15 is 0 Å². The van der Waals surface area contributed by atoms with E-state index in [4.69, 9.17) is 4.74 Å². The Kier molecular flexibility index (Phi) is 6.07. The van der Waals surface area contributed by atoms with Crippen molar-refractivity contribution < 1.29 is 4.74 Å². The molecule has 124 valence electrons. The summed E-state index contributed by atoms with van der Waals surface area (Å²) in [6, 6.07) is 4.76. The van der Waals surface area contributed by atoms with E-state index in [1.165, 1.54) is 41.3 Å². The molecule has 0 atom stereocenters. The molecule has 0 spiro atoms. The van der Waals surface area contributed by atoms with Gasteiger partial charge in [-0.05, 0) is 0 Å². The second-order valence-corrected chi connectivity index (χ2v) is 10.7. The molecule has 0 fully saturated rings. The third-order valence-corrected chi connectivity index (χ3v) is 7.84. The Morgan fingerprint density at radius 2 is 1.64 bits per heavy atom. The zero-order valence-corrected chi connectivity index (χ0v) is 17.9. The summed E-state index contributed by atoms with van der Waals surface area (Å²) in [5, 5.41) is 0. The second-order valence-electron chi connectivity index (χ2n) is 7.75. The number of rotatable bonds is 6. The van der Waals surface area contributed by atoms with E-state index < -0.39 is 0 Å². The molecule has 2 rings (SSSR count). The van der Waals surface area contributed by atoms with Crippen LogP contribution in [0.5, 0.6) is 5.75 Å². The number of unbranched alkanes of at least 4 members (excludes halogenated alkanes) is 2. The van der Waals surface area contributed by atoms with Crippen LogP contribution in [0.25, 0.3) is 0 Å². The van der Waals surface area contributed by atoms with Crippen LogP contribution >= 0.6 is 14.1 Å². The third kappa shape index (κ3) is 3.91. The Morgan fingerprint density at radius 1 is 1.05 bits per heavy atom. The van der Waals surface area contributed by atoms with E-state index in [-0.39, 0.29) is 10.8 Å². The minimum atomic E-state index is 0.254. The summed E-state index contributed by atoms with van der Waals surface area (Å²) in [6.07, 6.45) is 6.15. The van der Waals surface area contributed by atoms with E-state index in [0.29, 0.717) is 13.1 Å². The summed E-state index contributed by atoms with van der Waals surface area (Å²) in [5.41, 5.74) is 3.55. The van der Waals surface area contributed by atoms with Crippen LogP contribution in [0.3, 0.4) is 0 Å². The molecule has 0 N–H and O–H groups in total. The monoisotopic (exact) mass is 432 g/mol. The number of hydrogen-bond donors (Lipinski definition) is 0. The van der Waals surface area contributed by atoms with Crippen molar-refractivity contribution in [3.05, 3.63) is 23.3 Å². The summed E-state index contributed by atoms with van der Waals surface area (Å²) >= 11 is 4.00. The fourth-order valence-corrected chi connectivity index (χ4v) is 5.34. The van der Waals surface area contributed by atoms with Crippen molar-refractivity contribution in [2.75, 3.05) is 6.61 Å². The molecule has 1 aliphatic carbocycles. The predicted octanol–water partition coefficient (Wildman–Crippen LogP) is 5.24. The first-order valence-electron chi connectivity index (χ1n) is 8.42. The molecule has 22 heavy (non-hydrogen) atoms. The SMILES string of the molecule is CCCCCOc1cc2c(cc1[Se]Br)C(C)(C)CCC2(C)C. The van der Waals surface area contributed by atoms with Crippen molar-refractivity contribution >= 4 is 31.7 Å². The molecule has 0 amide bonds. The van der Waals surface area contributed by atoms with Crippen molar-refractivity contribution in [3.63, 3.8) is 0 Å². The maximum absolute atomic E-state index is 6.14. The molecule has 0 saturated carbocycles. The van der Waals surface area contributed by atoms with Gasteiger partial charge in [0.2, 0.25) is 0 Å². The Hall–Kier alpha value is 0.0195. The zero-order valence-electron chi connectivity index (χ0n) is 14.6. The van der Waals surface area contributed by atoms with E-state index in [0.717, 1.165) is 18.8 Å². The molecule has 0 heterocycles. The predicted molar refractivity (Wildman–Crippen MR) is 101 cm³/mol. The molecule has 0 unspecified atom stereocenters. The average Bonchev–Trinajstić information content (AvgIpc) is 2.48. The van der Waals surface area contributed by atoms with E-state index in [1.54, 1.807) is 0 Å². The first-order valence-corrected chi connectivity index (χ1v) is 13.3. The molecule has 1 aliphatic rings. The topological polar surface area (TPSA) is 9.23 Å². The summed E-state index contributed by atoms with van der Waals surface area (Å²) in [6.45, 7) is 12.6. The van der Waals surface area contributed by atoms with Gasteiger partial charge in [0, 0.05) is 0 Å².